The quantitative estimate of drug-likeness (QED) is 0.579. The number of hydrogen-bond donors (Lipinski definition) is 3. The highest BCUT2D eigenvalue weighted by molar-refractivity contribution is 7.89. The zero-order valence-electron chi connectivity index (χ0n) is 11.1. The van der Waals surface area contributed by atoms with Crippen LogP contribution in [0, 0.1) is 6.92 Å². The Hall–Kier alpha value is -1.89. The number of sulfonamides is 1. The predicted molar refractivity (Wildman–Crippen MR) is 79.5 cm³/mol. The molecule has 6 heteroatoms. The maximum Gasteiger partial charge on any atom is 0.242 e. The van der Waals surface area contributed by atoms with E-state index in [9.17, 15) is 8.42 Å². The molecule has 0 aliphatic carbocycles. The van der Waals surface area contributed by atoms with E-state index in [1.807, 2.05) is 31.2 Å². The molecule has 0 aliphatic rings. The highest BCUT2D eigenvalue weighted by Gasteiger charge is 2.17. The number of rotatable bonds is 5. The first-order valence-corrected chi connectivity index (χ1v) is 7.62. The van der Waals surface area contributed by atoms with Crippen LogP contribution in [0.25, 0.3) is 0 Å². The Morgan fingerprint density at radius 2 is 1.85 bits per heavy atom. The van der Waals surface area contributed by atoms with E-state index in [1.54, 1.807) is 18.2 Å². The number of nitrogen functional groups attached to an aromatic ring is 1. The number of hydrazine groups is 1. The number of benzene rings is 2. The number of nitrogens with two attached hydrogens (primary N) is 1. The first-order chi connectivity index (χ1) is 9.53. The maximum atomic E-state index is 12.3. The van der Waals surface area contributed by atoms with Gasteiger partial charge >= 0.3 is 0 Å². The summed E-state index contributed by atoms with van der Waals surface area (Å²) in [6.45, 7) is 2.20. The van der Waals surface area contributed by atoms with Gasteiger partial charge in [-0.15, -0.1) is 0 Å². The van der Waals surface area contributed by atoms with Crippen molar-refractivity contribution in [2.24, 2.45) is 5.84 Å². The Morgan fingerprint density at radius 3 is 2.55 bits per heavy atom. The van der Waals surface area contributed by atoms with Gasteiger partial charge < -0.3 is 5.43 Å². The van der Waals surface area contributed by atoms with Crippen molar-refractivity contribution in [1.29, 1.82) is 0 Å². The van der Waals surface area contributed by atoms with E-state index in [0.717, 1.165) is 11.1 Å². The average molecular weight is 291 g/mol. The van der Waals surface area contributed by atoms with Gasteiger partial charge in [-0.05, 0) is 24.6 Å². The second-order valence-corrected chi connectivity index (χ2v) is 6.19. The maximum absolute atomic E-state index is 12.3. The van der Waals surface area contributed by atoms with E-state index in [1.165, 1.54) is 6.07 Å². The van der Waals surface area contributed by atoms with Crippen LogP contribution in [0.3, 0.4) is 0 Å². The summed E-state index contributed by atoms with van der Waals surface area (Å²) >= 11 is 0. The molecule has 2 aromatic carbocycles. The molecule has 0 aliphatic heterocycles. The Labute approximate surface area is 118 Å². The molecule has 0 aromatic heterocycles. The van der Waals surface area contributed by atoms with E-state index in [4.69, 9.17) is 5.84 Å². The molecule has 0 atom stereocenters. The number of para-hydroxylation sites is 1. The molecular formula is C14H17N3O2S. The summed E-state index contributed by atoms with van der Waals surface area (Å²) in [6, 6.07) is 14.2. The molecule has 5 nitrogen and oxygen atoms in total. The molecule has 2 rings (SSSR count). The second-order valence-electron chi connectivity index (χ2n) is 4.45. The van der Waals surface area contributed by atoms with Crippen molar-refractivity contribution in [2.45, 2.75) is 18.4 Å². The molecule has 2 aromatic rings. The Balaban J connectivity index is 2.19. The van der Waals surface area contributed by atoms with Crippen LogP contribution < -0.4 is 16.0 Å². The number of nitrogens with one attached hydrogen (secondary N) is 2. The van der Waals surface area contributed by atoms with Crippen LogP contribution in [-0.4, -0.2) is 8.42 Å². The minimum atomic E-state index is -3.61. The predicted octanol–water partition coefficient (Wildman–Crippen LogP) is 1.76. The van der Waals surface area contributed by atoms with Crippen molar-refractivity contribution in [2.75, 3.05) is 5.43 Å². The summed E-state index contributed by atoms with van der Waals surface area (Å²) in [7, 11) is -3.61. The van der Waals surface area contributed by atoms with Crippen molar-refractivity contribution in [3.63, 3.8) is 0 Å². The molecule has 0 spiro atoms. The van der Waals surface area contributed by atoms with Gasteiger partial charge in [-0.25, -0.2) is 13.1 Å². The SMILES string of the molecule is Cc1cccc(CNS(=O)(=O)c2ccccc2NN)c1. The highest BCUT2D eigenvalue weighted by atomic mass is 32.2. The fourth-order valence-electron chi connectivity index (χ4n) is 1.90. The monoisotopic (exact) mass is 291 g/mol. The molecule has 0 bridgehead atoms. The topological polar surface area (TPSA) is 84.2 Å². The van der Waals surface area contributed by atoms with Gasteiger partial charge in [0.2, 0.25) is 10.0 Å². The zero-order chi connectivity index (χ0) is 14.6. The molecule has 0 unspecified atom stereocenters. The van der Waals surface area contributed by atoms with E-state index in [-0.39, 0.29) is 11.4 Å². The lowest BCUT2D eigenvalue weighted by Crippen LogP contribution is -2.25. The minimum absolute atomic E-state index is 0.134. The summed E-state index contributed by atoms with van der Waals surface area (Å²) in [6.07, 6.45) is 0. The molecular weight excluding hydrogens is 274 g/mol. The molecule has 0 amide bonds. The molecule has 0 heterocycles. The first-order valence-electron chi connectivity index (χ1n) is 6.14. The fourth-order valence-corrected chi connectivity index (χ4v) is 3.08. The third-order valence-electron chi connectivity index (χ3n) is 2.88. The van der Waals surface area contributed by atoms with Gasteiger partial charge in [-0.2, -0.15) is 0 Å². The molecule has 0 fully saturated rings. The van der Waals surface area contributed by atoms with Gasteiger partial charge in [-0.3, -0.25) is 5.84 Å². The second kappa shape index (κ2) is 6.04. The Morgan fingerprint density at radius 1 is 1.10 bits per heavy atom. The largest absolute Gasteiger partial charge is 0.323 e. The van der Waals surface area contributed by atoms with Crippen LogP contribution in [0.4, 0.5) is 5.69 Å². The van der Waals surface area contributed by atoms with Gasteiger partial charge in [0.05, 0.1) is 5.69 Å². The Kier molecular flexibility index (Phi) is 4.39. The van der Waals surface area contributed by atoms with Crippen LogP contribution in [-0.2, 0) is 16.6 Å². The molecule has 20 heavy (non-hydrogen) atoms. The van der Waals surface area contributed by atoms with Crippen LogP contribution in [0.2, 0.25) is 0 Å². The van der Waals surface area contributed by atoms with Crippen LogP contribution in [0.1, 0.15) is 11.1 Å². The van der Waals surface area contributed by atoms with Gasteiger partial charge in [0.15, 0.2) is 0 Å². The lowest BCUT2D eigenvalue weighted by Gasteiger charge is -2.11. The molecule has 0 radical (unpaired) electrons. The Bertz CT molecular complexity index is 699. The average Bonchev–Trinajstić information content (AvgIpc) is 2.45. The normalized spacial score (nSPS) is 11.3. The van der Waals surface area contributed by atoms with Crippen molar-refractivity contribution < 1.29 is 8.42 Å². The van der Waals surface area contributed by atoms with E-state index in [0.29, 0.717) is 5.69 Å². The molecule has 106 valence electrons. The summed E-state index contributed by atoms with van der Waals surface area (Å²) in [5.74, 6) is 5.33. The molecule has 4 N–H and O–H groups in total. The van der Waals surface area contributed by atoms with Crippen LogP contribution in [0.5, 0.6) is 0 Å². The van der Waals surface area contributed by atoms with Crippen LogP contribution >= 0.6 is 0 Å². The van der Waals surface area contributed by atoms with Crippen molar-refractivity contribution >= 4 is 15.7 Å². The van der Waals surface area contributed by atoms with Gasteiger partial charge in [-0.1, -0.05) is 42.0 Å². The minimum Gasteiger partial charge on any atom is -0.323 e. The van der Waals surface area contributed by atoms with Crippen molar-refractivity contribution in [3.05, 3.63) is 59.7 Å². The lowest BCUT2D eigenvalue weighted by molar-refractivity contribution is 0.581. The molecule has 0 saturated heterocycles. The standard InChI is InChI=1S/C14H17N3O2S/c1-11-5-4-6-12(9-11)10-16-20(18,19)14-8-3-2-7-13(14)17-15/h2-9,16-17H,10,15H2,1H3. The number of aryl methyl sites for hydroxylation is 1. The third kappa shape index (κ3) is 3.36. The number of anilines is 1. The summed E-state index contributed by atoms with van der Waals surface area (Å²) < 4.78 is 27.1. The third-order valence-corrected chi connectivity index (χ3v) is 4.34. The smallest absolute Gasteiger partial charge is 0.242 e. The van der Waals surface area contributed by atoms with E-state index < -0.39 is 10.0 Å². The van der Waals surface area contributed by atoms with Crippen molar-refractivity contribution in [1.82, 2.24) is 4.72 Å². The summed E-state index contributed by atoms with van der Waals surface area (Å²) in [4.78, 5) is 0.134. The first kappa shape index (κ1) is 14.5. The van der Waals surface area contributed by atoms with Gasteiger partial charge in [0, 0.05) is 6.54 Å². The zero-order valence-corrected chi connectivity index (χ0v) is 11.9. The van der Waals surface area contributed by atoms with Gasteiger partial charge in [0.1, 0.15) is 4.90 Å². The van der Waals surface area contributed by atoms with Crippen LogP contribution in [0.15, 0.2) is 53.4 Å². The van der Waals surface area contributed by atoms with E-state index in [2.05, 4.69) is 10.1 Å². The summed E-state index contributed by atoms with van der Waals surface area (Å²) in [5, 5.41) is 0. The van der Waals surface area contributed by atoms with Crippen molar-refractivity contribution in [3.8, 4) is 0 Å². The number of hydrogen-bond acceptors (Lipinski definition) is 4. The fraction of sp³-hybridized carbons (Fsp3) is 0.143. The molecule has 0 saturated carbocycles. The highest BCUT2D eigenvalue weighted by Crippen LogP contribution is 2.19. The lowest BCUT2D eigenvalue weighted by atomic mass is 10.1. The van der Waals surface area contributed by atoms with Gasteiger partial charge in [0.25, 0.3) is 0 Å². The van der Waals surface area contributed by atoms with E-state index >= 15 is 0 Å². The summed E-state index contributed by atoms with van der Waals surface area (Å²) in [5.41, 5.74) is 4.75.